The zero-order chi connectivity index (χ0) is 18.2. The van der Waals surface area contributed by atoms with Gasteiger partial charge in [0.05, 0.1) is 16.9 Å². The Bertz CT molecular complexity index is 699. The van der Waals surface area contributed by atoms with E-state index in [4.69, 9.17) is 4.74 Å². The van der Waals surface area contributed by atoms with E-state index in [0.717, 1.165) is 11.4 Å². The molecular weight excluding hydrogens is 320 g/mol. The Labute approximate surface area is 147 Å². The van der Waals surface area contributed by atoms with Crippen LogP contribution in [-0.2, 0) is 4.74 Å². The van der Waals surface area contributed by atoms with Crippen molar-refractivity contribution in [3.8, 4) is 6.07 Å². The molecule has 25 heavy (non-hydrogen) atoms. The van der Waals surface area contributed by atoms with E-state index >= 15 is 0 Å². The van der Waals surface area contributed by atoms with Crippen LogP contribution in [0.5, 0.6) is 0 Å². The van der Waals surface area contributed by atoms with Gasteiger partial charge in [-0.3, -0.25) is 0 Å². The van der Waals surface area contributed by atoms with Crippen molar-refractivity contribution in [2.75, 3.05) is 23.3 Å². The van der Waals surface area contributed by atoms with Gasteiger partial charge >= 0.3 is 6.09 Å². The zero-order valence-corrected chi connectivity index (χ0v) is 14.8. The van der Waals surface area contributed by atoms with Gasteiger partial charge in [-0.05, 0) is 45.7 Å². The number of rotatable bonds is 1. The van der Waals surface area contributed by atoms with E-state index in [1.54, 1.807) is 17.0 Å². The normalized spacial score (nSPS) is 20.7. The van der Waals surface area contributed by atoms with E-state index in [9.17, 15) is 15.2 Å². The van der Waals surface area contributed by atoms with Gasteiger partial charge in [-0.1, -0.05) is 6.07 Å². The summed E-state index contributed by atoms with van der Waals surface area (Å²) in [5.74, 6) is 0. The first kappa shape index (κ1) is 17.4. The third kappa shape index (κ3) is 3.49. The molecule has 7 heteroatoms. The number of hydrogen-bond donors (Lipinski definition) is 2. The van der Waals surface area contributed by atoms with Crippen molar-refractivity contribution in [3.05, 3.63) is 23.8 Å². The molecule has 134 valence electrons. The largest absolute Gasteiger partial charge is 0.444 e. The van der Waals surface area contributed by atoms with E-state index < -0.39 is 12.0 Å². The molecule has 0 spiro atoms. The molecule has 1 saturated heterocycles. The number of carbonyl (C=O) groups excluding carboxylic acids is 1. The number of ether oxygens (including phenoxy) is 1. The maximum absolute atomic E-state index is 12.2. The highest BCUT2D eigenvalue weighted by molar-refractivity contribution is 5.81. The fourth-order valence-electron chi connectivity index (χ4n) is 3.39. The van der Waals surface area contributed by atoms with Crippen molar-refractivity contribution in [2.45, 2.75) is 51.6 Å². The number of anilines is 2. The van der Waals surface area contributed by atoms with Crippen molar-refractivity contribution in [1.82, 2.24) is 4.90 Å². The number of nitriles is 1. The third-order valence-electron chi connectivity index (χ3n) is 4.47. The number of para-hydroxylation sites is 1. The van der Waals surface area contributed by atoms with Crippen molar-refractivity contribution in [3.63, 3.8) is 0 Å². The average molecular weight is 344 g/mol. The molecule has 2 aliphatic heterocycles. The van der Waals surface area contributed by atoms with Crippen molar-refractivity contribution >= 4 is 17.5 Å². The Morgan fingerprint density at radius 2 is 2.04 bits per heavy atom. The number of nitrogens with one attached hydrogen (secondary N) is 1. The second-order valence-corrected chi connectivity index (χ2v) is 7.44. The summed E-state index contributed by atoms with van der Waals surface area (Å²) >= 11 is 0. The second kappa shape index (κ2) is 6.45. The molecule has 1 amide bonds. The smallest absolute Gasteiger partial charge is 0.410 e. The molecule has 0 radical (unpaired) electrons. The third-order valence-corrected chi connectivity index (χ3v) is 4.47. The summed E-state index contributed by atoms with van der Waals surface area (Å²) in [6.45, 7) is 6.68. The van der Waals surface area contributed by atoms with Crippen LogP contribution in [0.1, 0.15) is 39.2 Å². The molecule has 0 bridgehead atoms. The van der Waals surface area contributed by atoms with Gasteiger partial charge < -0.3 is 25.0 Å². The first-order valence-corrected chi connectivity index (χ1v) is 8.54. The SMILES string of the molecule is CC(C)(C)OC(=O)N1CCC(N2c3c(C#N)cccc3NC2O)CC1. The number of aliphatic hydroxyl groups excluding tert-OH is 1. The molecule has 2 heterocycles. The number of likely N-dealkylation sites (tertiary alicyclic amines) is 1. The predicted molar refractivity (Wildman–Crippen MR) is 94.1 cm³/mol. The Balaban J connectivity index is 1.71. The van der Waals surface area contributed by atoms with Gasteiger partial charge in [0.25, 0.3) is 0 Å². The molecule has 0 saturated carbocycles. The lowest BCUT2D eigenvalue weighted by molar-refractivity contribution is 0.0198. The number of benzene rings is 1. The fraction of sp³-hybridized carbons (Fsp3) is 0.556. The van der Waals surface area contributed by atoms with Crippen LogP contribution >= 0.6 is 0 Å². The van der Waals surface area contributed by atoms with E-state index in [2.05, 4.69) is 11.4 Å². The quantitative estimate of drug-likeness (QED) is 0.813. The maximum atomic E-state index is 12.2. The second-order valence-electron chi connectivity index (χ2n) is 7.44. The highest BCUT2D eigenvalue weighted by Gasteiger charge is 2.37. The topological polar surface area (TPSA) is 88.8 Å². The van der Waals surface area contributed by atoms with E-state index in [1.165, 1.54) is 0 Å². The molecule has 0 aliphatic carbocycles. The standard InChI is InChI=1S/C18H24N4O3/c1-18(2,3)25-17(24)21-9-7-13(8-10-21)22-15-12(11-19)5-4-6-14(15)20-16(22)23/h4-6,13,16,20,23H,7-10H2,1-3H3. The first-order chi connectivity index (χ1) is 11.8. The van der Waals surface area contributed by atoms with Crippen LogP contribution in [0, 0.1) is 11.3 Å². The van der Waals surface area contributed by atoms with Gasteiger partial charge in [-0.25, -0.2) is 4.79 Å². The van der Waals surface area contributed by atoms with Gasteiger partial charge in [0.1, 0.15) is 11.7 Å². The monoisotopic (exact) mass is 344 g/mol. The molecule has 3 rings (SSSR count). The zero-order valence-electron chi connectivity index (χ0n) is 14.8. The summed E-state index contributed by atoms with van der Waals surface area (Å²) in [5, 5.41) is 22.8. The van der Waals surface area contributed by atoms with Crippen LogP contribution < -0.4 is 10.2 Å². The molecule has 0 aromatic heterocycles. The van der Waals surface area contributed by atoms with Crippen LogP contribution in [0.4, 0.5) is 16.2 Å². The Hall–Kier alpha value is -2.46. The molecular formula is C18H24N4O3. The lowest BCUT2D eigenvalue weighted by Crippen LogP contribution is -2.51. The van der Waals surface area contributed by atoms with E-state index in [1.807, 2.05) is 31.7 Å². The van der Waals surface area contributed by atoms with Gasteiger partial charge in [-0.15, -0.1) is 0 Å². The number of nitrogens with zero attached hydrogens (tertiary/aromatic N) is 3. The number of hydrogen-bond acceptors (Lipinski definition) is 6. The first-order valence-electron chi connectivity index (χ1n) is 8.54. The Morgan fingerprint density at radius 3 is 2.64 bits per heavy atom. The summed E-state index contributed by atoms with van der Waals surface area (Å²) < 4.78 is 5.42. The minimum absolute atomic E-state index is 0.0527. The molecule has 2 aliphatic rings. The van der Waals surface area contributed by atoms with Crippen LogP contribution in [0.25, 0.3) is 0 Å². The van der Waals surface area contributed by atoms with Gasteiger partial charge in [-0.2, -0.15) is 5.26 Å². The number of amides is 1. The Morgan fingerprint density at radius 1 is 1.36 bits per heavy atom. The van der Waals surface area contributed by atoms with Gasteiger partial charge in [0.15, 0.2) is 0 Å². The van der Waals surface area contributed by atoms with E-state index in [0.29, 0.717) is 31.5 Å². The van der Waals surface area contributed by atoms with E-state index in [-0.39, 0.29) is 12.1 Å². The van der Waals surface area contributed by atoms with Crippen LogP contribution in [-0.4, -0.2) is 47.2 Å². The molecule has 7 nitrogen and oxygen atoms in total. The molecule has 1 aromatic rings. The minimum atomic E-state index is -0.859. The number of carbonyl (C=O) groups is 1. The van der Waals surface area contributed by atoms with Crippen molar-refractivity contribution in [1.29, 1.82) is 5.26 Å². The van der Waals surface area contributed by atoms with Crippen LogP contribution in [0.15, 0.2) is 18.2 Å². The number of aliphatic hydroxyl groups is 1. The predicted octanol–water partition coefficient (Wildman–Crippen LogP) is 2.47. The minimum Gasteiger partial charge on any atom is -0.444 e. The summed E-state index contributed by atoms with van der Waals surface area (Å²) in [5.41, 5.74) is 1.54. The van der Waals surface area contributed by atoms with Crippen molar-refractivity contribution in [2.24, 2.45) is 0 Å². The lowest BCUT2D eigenvalue weighted by Gasteiger charge is -2.39. The van der Waals surface area contributed by atoms with Crippen LogP contribution in [0.2, 0.25) is 0 Å². The molecule has 1 aromatic carbocycles. The highest BCUT2D eigenvalue weighted by atomic mass is 16.6. The van der Waals surface area contributed by atoms with Crippen molar-refractivity contribution < 1.29 is 14.6 Å². The lowest BCUT2D eigenvalue weighted by atomic mass is 10.0. The highest BCUT2D eigenvalue weighted by Crippen LogP contribution is 2.40. The maximum Gasteiger partial charge on any atom is 0.410 e. The summed E-state index contributed by atoms with van der Waals surface area (Å²) in [7, 11) is 0. The Kier molecular flexibility index (Phi) is 4.48. The number of fused-ring (bicyclic) bond motifs is 1. The van der Waals surface area contributed by atoms with Gasteiger partial charge in [0.2, 0.25) is 6.35 Å². The molecule has 1 fully saturated rings. The summed E-state index contributed by atoms with van der Waals surface area (Å²) in [6, 6.07) is 7.65. The van der Waals surface area contributed by atoms with Crippen LogP contribution in [0.3, 0.4) is 0 Å². The molecule has 2 N–H and O–H groups in total. The fourth-order valence-corrected chi connectivity index (χ4v) is 3.39. The molecule has 1 unspecified atom stereocenters. The molecule has 1 atom stereocenters. The summed E-state index contributed by atoms with van der Waals surface area (Å²) in [4.78, 5) is 15.8. The number of piperidine rings is 1. The summed E-state index contributed by atoms with van der Waals surface area (Å²) in [6.07, 6.45) is 0.251. The average Bonchev–Trinajstić information content (AvgIpc) is 2.89. The van der Waals surface area contributed by atoms with Gasteiger partial charge in [0, 0.05) is 19.1 Å².